The van der Waals surface area contributed by atoms with Crippen LogP contribution in [0.4, 0.5) is 0 Å². The Bertz CT molecular complexity index is 747. The van der Waals surface area contributed by atoms with Crippen LogP contribution in [0, 0.1) is 11.8 Å². The van der Waals surface area contributed by atoms with Gasteiger partial charge in [-0.25, -0.2) is 0 Å². The summed E-state index contributed by atoms with van der Waals surface area (Å²) < 4.78 is 15.9. The molecule has 1 aromatic carbocycles. The fourth-order valence-electron chi connectivity index (χ4n) is 4.19. The largest absolute Gasteiger partial charge is 0.466 e. The minimum Gasteiger partial charge on any atom is -0.466 e. The van der Waals surface area contributed by atoms with Crippen molar-refractivity contribution in [2.45, 2.75) is 32.6 Å². The van der Waals surface area contributed by atoms with E-state index in [0.717, 1.165) is 37.4 Å². The number of hydrogen-bond donors (Lipinski definition) is 0. The van der Waals surface area contributed by atoms with Gasteiger partial charge in [0.25, 0.3) is 0 Å². The zero-order chi connectivity index (χ0) is 20.2. The molecule has 0 bridgehead atoms. The summed E-state index contributed by atoms with van der Waals surface area (Å²) in [5.74, 6) is 1.56. The van der Waals surface area contributed by atoms with Crippen LogP contribution >= 0.6 is 0 Å². The van der Waals surface area contributed by atoms with Gasteiger partial charge in [0.2, 0.25) is 12.7 Å². The zero-order valence-corrected chi connectivity index (χ0v) is 17.1. The normalized spacial score (nSPS) is 22.5. The Labute approximate surface area is 171 Å². The number of benzene rings is 1. The van der Waals surface area contributed by atoms with E-state index in [1.54, 1.807) is 0 Å². The Kier molecular flexibility index (Phi) is 6.23. The average Bonchev–Trinajstić information content (AvgIpc) is 3.07. The van der Waals surface area contributed by atoms with Crippen molar-refractivity contribution >= 4 is 11.9 Å². The molecule has 7 nitrogen and oxygen atoms in total. The first-order valence-corrected chi connectivity index (χ1v) is 10.7. The lowest BCUT2D eigenvalue weighted by atomic mass is 10.1. The van der Waals surface area contributed by atoms with Crippen molar-refractivity contribution in [2.24, 2.45) is 11.8 Å². The fraction of sp³-hybridized carbons (Fsp3) is 0.636. The number of amides is 1. The van der Waals surface area contributed by atoms with Crippen molar-refractivity contribution in [3.8, 4) is 11.5 Å². The minimum atomic E-state index is -0.125. The summed E-state index contributed by atoms with van der Waals surface area (Å²) >= 11 is 0. The van der Waals surface area contributed by atoms with Crippen molar-refractivity contribution in [1.29, 1.82) is 0 Å². The van der Waals surface area contributed by atoms with Gasteiger partial charge in [0, 0.05) is 19.6 Å². The molecule has 4 rings (SSSR count). The molecular formula is C22H30N2O5. The molecule has 1 aromatic rings. The first-order chi connectivity index (χ1) is 14.1. The quantitative estimate of drug-likeness (QED) is 0.589. The molecule has 158 valence electrons. The minimum absolute atomic E-state index is 0.0532. The molecule has 2 atom stereocenters. The van der Waals surface area contributed by atoms with E-state index in [0.29, 0.717) is 31.9 Å². The second-order valence-corrected chi connectivity index (χ2v) is 8.11. The van der Waals surface area contributed by atoms with Gasteiger partial charge in [-0.15, -0.1) is 0 Å². The number of carbonyl (C=O) groups excluding carboxylic acids is 2. The lowest BCUT2D eigenvalue weighted by molar-refractivity contribution is -0.145. The molecule has 0 N–H and O–H groups in total. The maximum Gasteiger partial charge on any atom is 0.309 e. The number of carbonyl (C=O) groups is 2. The Morgan fingerprint density at radius 1 is 1.21 bits per heavy atom. The van der Waals surface area contributed by atoms with Gasteiger partial charge in [-0.3, -0.25) is 9.59 Å². The summed E-state index contributed by atoms with van der Waals surface area (Å²) in [7, 11) is 0. The van der Waals surface area contributed by atoms with Crippen LogP contribution in [0.15, 0.2) is 18.2 Å². The smallest absolute Gasteiger partial charge is 0.309 e. The Hall–Kier alpha value is -2.28. The molecule has 29 heavy (non-hydrogen) atoms. The number of hydrogen-bond acceptors (Lipinski definition) is 6. The summed E-state index contributed by atoms with van der Waals surface area (Å²) in [6.45, 7) is 6.90. The fourth-order valence-corrected chi connectivity index (χ4v) is 4.19. The van der Waals surface area contributed by atoms with Crippen molar-refractivity contribution < 1.29 is 23.8 Å². The first kappa shape index (κ1) is 20.0. The number of nitrogens with zero attached hydrogens (tertiary/aromatic N) is 2. The Morgan fingerprint density at radius 2 is 2.00 bits per heavy atom. The van der Waals surface area contributed by atoms with E-state index < -0.39 is 0 Å². The van der Waals surface area contributed by atoms with Gasteiger partial charge < -0.3 is 24.0 Å². The van der Waals surface area contributed by atoms with Crippen LogP contribution < -0.4 is 9.47 Å². The highest BCUT2D eigenvalue weighted by molar-refractivity contribution is 5.80. The molecule has 0 radical (unpaired) electrons. The molecule has 1 saturated carbocycles. The van der Waals surface area contributed by atoms with Crippen LogP contribution in [0.1, 0.15) is 31.7 Å². The molecule has 0 aromatic heterocycles. The van der Waals surface area contributed by atoms with Gasteiger partial charge in [0.05, 0.1) is 18.9 Å². The molecule has 3 aliphatic rings. The number of likely N-dealkylation sites (tertiary alicyclic amines) is 1. The lowest BCUT2D eigenvalue weighted by Gasteiger charge is -2.26. The van der Waals surface area contributed by atoms with Crippen LogP contribution in [0.25, 0.3) is 0 Å². The van der Waals surface area contributed by atoms with E-state index >= 15 is 0 Å². The summed E-state index contributed by atoms with van der Waals surface area (Å²) in [5.41, 5.74) is 0.920. The van der Waals surface area contributed by atoms with Gasteiger partial charge in [-0.1, -0.05) is 6.07 Å². The lowest BCUT2D eigenvalue weighted by Crippen LogP contribution is -2.40. The molecule has 2 aliphatic heterocycles. The van der Waals surface area contributed by atoms with E-state index in [-0.39, 0.29) is 30.5 Å². The molecular weight excluding hydrogens is 372 g/mol. The van der Waals surface area contributed by atoms with E-state index in [1.807, 2.05) is 30.0 Å². The molecule has 1 saturated heterocycles. The number of ether oxygens (including phenoxy) is 3. The summed E-state index contributed by atoms with van der Waals surface area (Å²) in [4.78, 5) is 29.4. The topological polar surface area (TPSA) is 68.3 Å². The van der Waals surface area contributed by atoms with Crippen molar-refractivity contribution in [3.05, 3.63) is 23.8 Å². The van der Waals surface area contributed by atoms with Crippen LogP contribution in [0.3, 0.4) is 0 Å². The van der Waals surface area contributed by atoms with E-state index in [9.17, 15) is 9.59 Å². The first-order valence-electron chi connectivity index (χ1n) is 10.7. The maximum atomic E-state index is 13.1. The van der Waals surface area contributed by atoms with Gasteiger partial charge in [0.15, 0.2) is 11.5 Å². The van der Waals surface area contributed by atoms with Crippen LogP contribution in [-0.4, -0.2) is 67.8 Å². The van der Waals surface area contributed by atoms with Crippen LogP contribution in [0.2, 0.25) is 0 Å². The third-order valence-electron chi connectivity index (χ3n) is 6.00. The zero-order valence-electron chi connectivity index (χ0n) is 17.1. The predicted octanol–water partition coefficient (Wildman–Crippen LogP) is 2.08. The highest BCUT2D eigenvalue weighted by atomic mass is 16.7. The van der Waals surface area contributed by atoms with E-state index in [4.69, 9.17) is 14.2 Å². The molecule has 1 amide bonds. The van der Waals surface area contributed by atoms with E-state index in [2.05, 4.69) is 4.90 Å². The van der Waals surface area contributed by atoms with Gasteiger partial charge in [-0.05, 0) is 62.9 Å². The van der Waals surface area contributed by atoms with Gasteiger partial charge >= 0.3 is 5.97 Å². The van der Waals surface area contributed by atoms with Crippen molar-refractivity contribution in [2.75, 3.05) is 46.1 Å². The molecule has 0 unspecified atom stereocenters. The summed E-state index contributed by atoms with van der Waals surface area (Å²) in [6, 6.07) is 5.66. The van der Waals surface area contributed by atoms with Gasteiger partial charge in [-0.2, -0.15) is 0 Å². The average molecular weight is 402 g/mol. The highest BCUT2D eigenvalue weighted by Gasteiger charge is 2.45. The highest BCUT2D eigenvalue weighted by Crippen LogP contribution is 2.40. The van der Waals surface area contributed by atoms with Gasteiger partial charge in [0.1, 0.15) is 0 Å². The number of fused-ring (bicyclic) bond motifs is 1. The van der Waals surface area contributed by atoms with Crippen LogP contribution in [0.5, 0.6) is 11.5 Å². The SMILES string of the molecule is CCOC(=O)[C@H]1C[C@@H]1CN(CCN1CCCC1)C(=O)Cc1ccc2c(c1)OCO2. The third kappa shape index (κ3) is 5.01. The summed E-state index contributed by atoms with van der Waals surface area (Å²) in [5, 5.41) is 0. The standard InChI is InChI=1S/C22H30N2O5/c1-2-27-22(26)18-13-17(18)14-24(10-9-23-7-3-4-8-23)21(25)12-16-5-6-19-20(11-16)29-15-28-19/h5-6,11,17-18H,2-4,7-10,12-15H2,1H3/t17-,18+/m1/s1. The molecule has 2 heterocycles. The Balaban J connectivity index is 1.37. The predicted molar refractivity (Wildman–Crippen MR) is 107 cm³/mol. The molecule has 2 fully saturated rings. The molecule has 0 spiro atoms. The second kappa shape index (κ2) is 9.03. The molecule has 7 heteroatoms. The maximum absolute atomic E-state index is 13.1. The molecule has 1 aliphatic carbocycles. The second-order valence-electron chi connectivity index (χ2n) is 8.11. The number of rotatable bonds is 9. The Morgan fingerprint density at radius 3 is 2.79 bits per heavy atom. The monoisotopic (exact) mass is 402 g/mol. The summed E-state index contributed by atoms with van der Waals surface area (Å²) in [6.07, 6.45) is 3.61. The number of esters is 1. The third-order valence-corrected chi connectivity index (χ3v) is 6.00. The van der Waals surface area contributed by atoms with Crippen molar-refractivity contribution in [3.63, 3.8) is 0 Å². The van der Waals surface area contributed by atoms with Crippen LogP contribution in [-0.2, 0) is 20.7 Å². The van der Waals surface area contributed by atoms with Crippen molar-refractivity contribution in [1.82, 2.24) is 9.80 Å². The van der Waals surface area contributed by atoms with E-state index in [1.165, 1.54) is 12.8 Å².